The van der Waals surface area contributed by atoms with Crippen molar-refractivity contribution in [2.45, 2.75) is 6.10 Å². The van der Waals surface area contributed by atoms with Gasteiger partial charge in [0.2, 0.25) is 0 Å². The van der Waals surface area contributed by atoms with E-state index in [1.807, 2.05) is 17.8 Å². The first-order valence-electron chi connectivity index (χ1n) is 2.75. The minimum Gasteiger partial charge on any atom is -0.372 e. The normalized spacial score (nSPS) is 29.8. The Morgan fingerprint density at radius 2 is 2.62 bits per heavy atom. The van der Waals surface area contributed by atoms with Crippen molar-refractivity contribution in [2.24, 2.45) is 0 Å². The fraction of sp³-hybridized carbons (Fsp3) is 0.667. The highest BCUT2D eigenvalue weighted by atomic mass is 32.2. The summed E-state index contributed by atoms with van der Waals surface area (Å²) in [5.41, 5.74) is 0. The van der Waals surface area contributed by atoms with Crippen LogP contribution in [0.5, 0.6) is 0 Å². The molecule has 1 fully saturated rings. The topological polar surface area (TPSA) is 9.23 Å². The molecule has 1 aliphatic rings. The molecule has 0 aromatic carbocycles. The highest BCUT2D eigenvalue weighted by molar-refractivity contribution is 7.99. The van der Waals surface area contributed by atoms with Gasteiger partial charge in [-0.25, -0.2) is 0 Å². The first kappa shape index (κ1) is 6.17. The largest absolute Gasteiger partial charge is 0.372 e. The lowest BCUT2D eigenvalue weighted by Gasteiger charge is -2.18. The van der Waals surface area contributed by atoms with Gasteiger partial charge < -0.3 is 4.74 Å². The summed E-state index contributed by atoms with van der Waals surface area (Å²) in [5, 5.41) is 0. The summed E-state index contributed by atoms with van der Waals surface area (Å²) in [4.78, 5) is 0. The summed E-state index contributed by atoms with van der Waals surface area (Å²) in [6.07, 6.45) is 2.18. The molecule has 0 aliphatic carbocycles. The Balaban J connectivity index is 2.22. The van der Waals surface area contributed by atoms with Gasteiger partial charge in [0.25, 0.3) is 0 Å². The molecule has 1 heterocycles. The van der Waals surface area contributed by atoms with E-state index in [0.717, 1.165) is 18.1 Å². The highest BCUT2D eigenvalue weighted by Gasteiger charge is 2.08. The molecule has 1 aliphatic heterocycles. The summed E-state index contributed by atoms with van der Waals surface area (Å²) in [7, 11) is 0. The molecule has 1 nitrogen and oxygen atoms in total. The maximum atomic E-state index is 5.29. The van der Waals surface area contributed by atoms with Gasteiger partial charge in [-0.05, 0) is 0 Å². The van der Waals surface area contributed by atoms with Crippen LogP contribution in [0.3, 0.4) is 0 Å². The van der Waals surface area contributed by atoms with Gasteiger partial charge >= 0.3 is 0 Å². The molecule has 0 amide bonds. The van der Waals surface area contributed by atoms with Gasteiger partial charge in [0.15, 0.2) is 0 Å². The zero-order valence-electron chi connectivity index (χ0n) is 4.80. The summed E-state index contributed by atoms with van der Waals surface area (Å²) in [6.45, 7) is 4.54. The summed E-state index contributed by atoms with van der Waals surface area (Å²) in [5.74, 6) is 2.23. The van der Waals surface area contributed by atoms with Crippen LogP contribution in [0.4, 0.5) is 0 Å². The van der Waals surface area contributed by atoms with Crippen LogP contribution in [-0.2, 0) is 4.74 Å². The molecular weight excluding hydrogens is 120 g/mol. The third kappa shape index (κ3) is 1.53. The molecule has 46 valence electrons. The van der Waals surface area contributed by atoms with E-state index in [9.17, 15) is 0 Å². The predicted octanol–water partition coefficient (Wildman–Crippen LogP) is 1.30. The maximum Gasteiger partial charge on any atom is 0.0843 e. The third-order valence-electron chi connectivity index (χ3n) is 1.10. The molecule has 1 unspecified atom stereocenters. The monoisotopic (exact) mass is 130 g/mol. The van der Waals surface area contributed by atoms with Crippen molar-refractivity contribution in [2.75, 3.05) is 18.1 Å². The quantitative estimate of drug-likeness (QED) is 0.495. The van der Waals surface area contributed by atoms with Crippen molar-refractivity contribution >= 4 is 11.8 Å². The van der Waals surface area contributed by atoms with E-state index in [4.69, 9.17) is 4.74 Å². The lowest BCUT2D eigenvalue weighted by molar-refractivity contribution is 0.109. The van der Waals surface area contributed by atoms with Gasteiger partial charge in [0, 0.05) is 11.5 Å². The van der Waals surface area contributed by atoms with Gasteiger partial charge in [-0.2, -0.15) is 11.8 Å². The van der Waals surface area contributed by atoms with E-state index in [1.54, 1.807) is 0 Å². The van der Waals surface area contributed by atoms with Crippen LogP contribution in [0.2, 0.25) is 0 Å². The molecule has 0 N–H and O–H groups in total. The van der Waals surface area contributed by atoms with Crippen LogP contribution in [0.15, 0.2) is 12.7 Å². The minimum absolute atomic E-state index is 0.314. The molecule has 0 radical (unpaired) electrons. The average Bonchev–Trinajstić information content (AvgIpc) is 1.90. The average molecular weight is 130 g/mol. The van der Waals surface area contributed by atoms with E-state index >= 15 is 0 Å². The van der Waals surface area contributed by atoms with Gasteiger partial charge in [0.1, 0.15) is 0 Å². The molecular formula is C6H10OS. The molecule has 1 saturated heterocycles. The molecule has 1 atom stereocenters. The summed E-state index contributed by atoms with van der Waals surface area (Å²) >= 11 is 1.93. The van der Waals surface area contributed by atoms with E-state index in [1.165, 1.54) is 0 Å². The molecule has 2 heteroatoms. The zero-order chi connectivity index (χ0) is 5.82. The SMILES string of the molecule is C=CC1CSCCO1. The fourth-order valence-electron chi connectivity index (χ4n) is 0.642. The molecule has 0 aromatic rings. The number of hydrogen-bond acceptors (Lipinski definition) is 2. The lowest BCUT2D eigenvalue weighted by atomic mass is 10.4. The Labute approximate surface area is 54.1 Å². The van der Waals surface area contributed by atoms with Crippen molar-refractivity contribution in [3.8, 4) is 0 Å². The molecule has 0 bridgehead atoms. The Morgan fingerprint density at radius 3 is 3.00 bits per heavy atom. The first-order valence-corrected chi connectivity index (χ1v) is 3.91. The lowest BCUT2D eigenvalue weighted by Crippen LogP contribution is -2.20. The number of rotatable bonds is 1. The van der Waals surface area contributed by atoms with Gasteiger partial charge in [-0.3, -0.25) is 0 Å². The first-order chi connectivity index (χ1) is 3.93. The Morgan fingerprint density at radius 1 is 1.75 bits per heavy atom. The van der Waals surface area contributed by atoms with Crippen LogP contribution in [-0.4, -0.2) is 24.2 Å². The third-order valence-corrected chi connectivity index (χ3v) is 2.12. The van der Waals surface area contributed by atoms with Crippen LogP contribution in [0.1, 0.15) is 0 Å². The van der Waals surface area contributed by atoms with Crippen LogP contribution in [0.25, 0.3) is 0 Å². The van der Waals surface area contributed by atoms with E-state index in [0.29, 0.717) is 6.10 Å². The van der Waals surface area contributed by atoms with Crippen molar-refractivity contribution in [3.63, 3.8) is 0 Å². The summed E-state index contributed by atoms with van der Waals surface area (Å²) in [6, 6.07) is 0. The fourth-order valence-corrected chi connectivity index (χ4v) is 1.49. The molecule has 8 heavy (non-hydrogen) atoms. The van der Waals surface area contributed by atoms with Gasteiger partial charge in [-0.15, -0.1) is 6.58 Å². The predicted molar refractivity (Wildman–Crippen MR) is 37.3 cm³/mol. The minimum atomic E-state index is 0.314. The van der Waals surface area contributed by atoms with E-state index in [2.05, 4.69) is 6.58 Å². The molecule has 0 saturated carbocycles. The van der Waals surface area contributed by atoms with Crippen molar-refractivity contribution in [1.29, 1.82) is 0 Å². The maximum absolute atomic E-state index is 5.29. The zero-order valence-corrected chi connectivity index (χ0v) is 5.62. The van der Waals surface area contributed by atoms with Crippen LogP contribution in [0, 0.1) is 0 Å². The number of ether oxygens (including phenoxy) is 1. The second-order valence-corrected chi connectivity index (χ2v) is 2.87. The van der Waals surface area contributed by atoms with Crippen molar-refractivity contribution < 1.29 is 4.74 Å². The van der Waals surface area contributed by atoms with Gasteiger partial charge in [0.05, 0.1) is 12.7 Å². The van der Waals surface area contributed by atoms with E-state index in [-0.39, 0.29) is 0 Å². The van der Waals surface area contributed by atoms with Crippen molar-refractivity contribution in [3.05, 3.63) is 12.7 Å². The van der Waals surface area contributed by atoms with Crippen LogP contribution >= 0.6 is 11.8 Å². The highest BCUT2D eigenvalue weighted by Crippen LogP contribution is 2.12. The number of hydrogen-bond donors (Lipinski definition) is 0. The summed E-state index contributed by atoms with van der Waals surface area (Å²) < 4.78 is 5.29. The standard InChI is InChI=1S/C6H10OS/c1-2-6-5-8-4-3-7-6/h2,6H,1,3-5H2. The number of thioether (sulfide) groups is 1. The Bertz CT molecular complexity index is 76.6. The van der Waals surface area contributed by atoms with Crippen molar-refractivity contribution in [1.82, 2.24) is 0 Å². The van der Waals surface area contributed by atoms with E-state index < -0.39 is 0 Å². The Kier molecular flexibility index (Phi) is 2.43. The molecule has 0 aromatic heterocycles. The smallest absolute Gasteiger partial charge is 0.0843 e. The second-order valence-electron chi connectivity index (χ2n) is 1.72. The second kappa shape index (κ2) is 3.15. The Hall–Kier alpha value is 0.0500. The van der Waals surface area contributed by atoms with Gasteiger partial charge in [-0.1, -0.05) is 6.08 Å². The van der Waals surface area contributed by atoms with Crippen LogP contribution < -0.4 is 0 Å². The molecule has 1 rings (SSSR count). The molecule has 0 spiro atoms.